The molecule has 1 atom stereocenters. The number of rotatable bonds is 6. The molecule has 5 nitrogen and oxygen atoms in total. The molecule has 2 heterocycles. The SMILES string of the molecule is O=C1CC(CS(=O)(=O)F)CN1CCCc1c[nH]c2ccccc12. The van der Waals surface area contributed by atoms with E-state index in [-0.39, 0.29) is 12.3 Å². The number of hydrogen-bond donors (Lipinski definition) is 1. The van der Waals surface area contributed by atoms with Crippen molar-refractivity contribution in [2.45, 2.75) is 19.3 Å². The molecule has 1 fully saturated rings. The molecule has 1 N–H and O–H groups in total. The molecule has 0 radical (unpaired) electrons. The van der Waals surface area contributed by atoms with Crippen LogP contribution in [0, 0.1) is 5.92 Å². The number of aromatic nitrogens is 1. The average Bonchev–Trinajstić information content (AvgIpc) is 3.02. The number of aryl methyl sites for hydroxylation is 1. The molecular weight excluding hydrogens is 319 g/mol. The molecule has 23 heavy (non-hydrogen) atoms. The zero-order valence-corrected chi connectivity index (χ0v) is 13.5. The number of nitrogens with zero attached hydrogens (tertiary/aromatic N) is 1. The van der Waals surface area contributed by atoms with Crippen LogP contribution in [0.15, 0.2) is 30.5 Å². The van der Waals surface area contributed by atoms with Crippen LogP contribution in [0.2, 0.25) is 0 Å². The van der Waals surface area contributed by atoms with E-state index in [4.69, 9.17) is 0 Å². The Morgan fingerprint density at radius 1 is 1.30 bits per heavy atom. The first-order valence-electron chi connectivity index (χ1n) is 7.67. The summed E-state index contributed by atoms with van der Waals surface area (Å²) in [5.41, 5.74) is 2.29. The quantitative estimate of drug-likeness (QED) is 0.821. The predicted octanol–water partition coefficient (Wildman–Crippen LogP) is 2.25. The van der Waals surface area contributed by atoms with E-state index in [0.717, 1.165) is 18.4 Å². The summed E-state index contributed by atoms with van der Waals surface area (Å²) < 4.78 is 34.1. The van der Waals surface area contributed by atoms with Gasteiger partial charge in [-0.3, -0.25) is 4.79 Å². The summed E-state index contributed by atoms with van der Waals surface area (Å²) in [4.78, 5) is 16.7. The van der Waals surface area contributed by atoms with Gasteiger partial charge in [0.05, 0.1) is 5.75 Å². The number of halogens is 1. The van der Waals surface area contributed by atoms with E-state index < -0.39 is 21.9 Å². The van der Waals surface area contributed by atoms with Gasteiger partial charge >= 0.3 is 10.2 Å². The molecule has 7 heteroatoms. The number of benzene rings is 1. The molecule has 0 bridgehead atoms. The largest absolute Gasteiger partial charge is 0.361 e. The lowest BCUT2D eigenvalue weighted by atomic mass is 10.1. The molecule has 1 aliphatic heterocycles. The Balaban J connectivity index is 1.54. The molecule has 1 aromatic heterocycles. The maximum absolute atomic E-state index is 12.7. The molecule has 0 spiro atoms. The van der Waals surface area contributed by atoms with E-state index in [1.54, 1.807) is 4.90 Å². The van der Waals surface area contributed by atoms with Crippen molar-refractivity contribution in [3.05, 3.63) is 36.0 Å². The molecule has 1 aliphatic rings. The zero-order chi connectivity index (χ0) is 16.4. The fourth-order valence-corrected chi connectivity index (χ4v) is 4.05. The molecule has 2 aromatic rings. The van der Waals surface area contributed by atoms with Crippen LogP contribution < -0.4 is 0 Å². The van der Waals surface area contributed by atoms with Gasteiger partial charge in [-0.25, -0.2) is 0 Å². The molecule has 0 aliphatic carbocycles. The zero-order valence-electron chi connectivity index (χ0n) is 12.7. The second kappa shape index (κ2) is 6.31. The van der Waals surface area contributed by atoms with E-state index in [2.05, 4.69) is 11.1 Å². The fraction of sp³-hybridized carbons (Fsp3) is 0.438. The van der Waals surface area contributed by atoms with Crippen molar-refractivity contribution >= 4 is 27.0 Å². The number of carbonyl (C=O) groups excluding carboxylic acids is 1. The molecule has 124 valence electrons. The van der Waals surface area contributed by atoms with Crippen LogP contribution in [0.4, 0.5) is 3.89 Å². The van der Waals surface area contributed by atoms with Crippen molar-refractivity contribution in [2.24, 2.45) is 5.92 Å². The lowest BCUT2D eigenvalue weighted by Crippen LogP contribution is -2.27. The molecule has 1 aromatic carbocycles. The summed E-state index contributed by atoms with van der Waals surface area (Å²) in [5.74, 6) is -1.07. The number of amides is 1. The number of carbonyl (C=O) groups is 1. The predicted molar refractivity (Wildman–Crippen MR) is 86.2 cm³/mol. The number of nitrogens with one attached hydrogen (secondary N) is 1. The van der Waals surface area contributed by atoms with Crippen LogP contribution >= 0.6 is 0 Å². The maximum Gasteiger partial charge on any atom is 0.302 e. The Morgan fingerprint density at radius 2 is 2.09 bits per heavy atom. The van der Waals surface area contributed by atoms with Crippen LogP contribution in [0.5, 0.6) is 0 Å². The summed E-state index contributed by atoms with van der Waals surface area (Å²) in [5, 5.41) is 1.18. The number of para-hydroxylation sites is 1. The minimum Gasteiger partial charge on any atom is -0.361 e. The third-order valence-electron chi connectivity index (χ3n) is 4.28. The number of aromatic amines is 1. The highest BCUT2D eigenvalue weighted by Crippen LogP contribution is 2.22. The van der Waals surface area contributed by atoms with Gasteiger partial charge in [-0.2, -0.15) is 8.42 Å². The van der Waals surface area contributed by atoms with Crippen molar-refractivity contribution in [1.82, 2.24) is 9.88 Å². The third-order valence-corrected chi connectivity index (χ3v) is 5.15. The third kappa shape index (κ3) is 3.90. The lowest BCUT2D eigenvalue weighted by molar-refractivity contribution is -0.127. The first-order valence-corrected chi connectivity index (χ1v) is 9.23. The van der Waals surface area contributed by atoms with Gasteiger partial charge in [0.15, 0.2) is 0 Å². The normalized spacial score (nSPS) is 18.9. The van der Waals surface area contributed by atoms with Gasteiger partial charge in [-0.15, -0.1) is 3.89 Å². The summed E-state index contributed by atoms with van der Waals surface area (Å²) in [7, 11) is -4.52. The molecule has 0 saturated carbocycles. The Hall–Kier alpha value is -1.89. The first kappa shape index (κ1) is 16.0. The van der Waals surface area contributed by atoms with Gasteiger partial charge in [0.1, 0.15) is 0 Å². The standard InChI is InChI=1S/C16H19FN2O3S/c17-23(21,22)11-12-8-16(20)19(10-12)7-3-4-13-9-18-15-6-2-1-5-14(13)15/h1-2,5-6,9,12,18H,3-4,7-8,10-11H2. The Labute approximate surface area is 134 Å². The maximum atomic E-state index is 12.7. The summed E-state index contributed by atoms with van der Waals surface area (Å²) in [6.07, 6.45) is 3.73. The highest BCUT2D eigenvalue weighted by atomic mass is 32.3. The van der Waals surface area contributed by atoms with Gasteiger partial charge in [-0.05, 0) is 24.5 Å². The Morgan fingerprint density at radius 3 is 2.87 bits per heavy atom. The molecule has 1 unspecified atom stereocenters. The second-order valence-corrected chi connectivity index (χ2v) is 7.49. The number of H-pyrrole nitrogens is 1. The molecule has 1 saturated heterocycles. The van der Waals surface area contributed by atoms with Crippen molar-refractivity contribution in [2.75, 3.05) is 18.8 Å². The Bertz CT molecular complexity index is 816. The van der Waals surface area contributed by atoms with Crippen LogP contribution in [0.25, 0.3) is 10.9 Å². The molecule has 3 rings (SSSR count). The highest BCUT2D eigenvalue weighted by molar-refractivity contribution is 7.86. The van der Waals surface area contributed by atoms with E-state index in [9.17, 15) is 17.1 Å². The van der Waals surface area contributed by atoms with Crippen LogP contribution in [0.3, 0.4) is 0 Å². The number of fused-ring (bicyclic) bond motifs is 1. The molecule has 1 amide bonds. The van der Waals surface area contributed by atoms with E-state index in [1.165, 1.54) is 10.9 Å². The van der Waals surface area contributed by atoms with Crippen LogP contribution in [-0.4, -0.2) is 43.1 Å². The summed E-state index contributed by atoms with van der Waals surface area (Å²) >= 11 is 0. The van der Waals surface area contributed by atoms with Gasteiger partial charge < -0.3 is 9.88 Å². The van der Waals surface area contributed by atoms with Crippen LogP contribution in [0.1, 0.15) is 18.4 Å². The van der Waals surface area contributed by atoms with E-state index in [1.807, 2.05) is 24.4 Å². The van der Waals surface area contributed by atoms with Gasteiger partial charge in [-0.1, -0.05) is 18.2 Å². The minimum atomic E-state index is -4.52. The van der Waals surface area contributed by atoms with Crippen molar-refractivity contribution in [3.8, 4) is 0 Å². The first-order chi connectivity index (χ1) is 10.9. The number of hydrogen-bond acceptors (Lipinski definition) is 3. The minimum absolute atomic E-state index is 0.0856. The highest BCUT2D eigenvalue weighted by Gasteiger charge is 2.32. The topological polar surface area (TPSA) is 70.2 Å². The van der Waals surface area contributed by atoms with Crippen molar-refractivity contribution in [1.29, 1.82) is 0 Å². The lowest BCUT2D eigenvalue weighted by Gasteiger charge is -2.16. The smallest absolute Gasteiger partial charge is 0.302 e. The molecular formula is C16H19FN2O3S. The van der Waals surface area contributed by atoms with Crippen molar-refractivity contribution < 1.29 is 17.1 Å². The van der Waals surface area contributed by atoms with Gasteiger partial charge in [0.2, 0.25) is 5.91 Å². The second-order valence-electron chi connectivity index (χ2n) is 6.08. The summed E-state index contributed by atoms with van der Waals surface area (Å²) in [6, 6.07) is 8.05. The number of likely N-dealkylation sites (tertiary alicyclic amines) is 1. The summed E-state index contributed by atoms with van der Waals surface area (Å²) in [6.45, 7) is 0.900. The van der Waals surface area contributed by atoms with E-state index in [0.29, 0.717) is 13.1 Å². The van der Waals surface area contributed by atoms with Gasteiger partial charge in [0, 0.05) is 42.5 Å². The Kier molecular flexibility index (Phi) is 4.39. The van der Waals surface area contributed by atoms with Crippen molar-refractivity contribution in [3.63, 3.8) is 0 Å². The van der Waals surface area contributed by atoms with Crippen LogP contribution in [-0.2, 0) is 21.4 Å². The van der Waals surface area contributed by atoms with E-state index >= 15 is 0 Å². The fourth-order valence-electron chi connectivity index (χ4n) is 3.26. The monoisotopic (exact) mass is 338 g/mol. The average molecular weight is 338 g/mol. The van der Waals surface area contributed by atoms with Gasteiger partial charge in [0.25, 0.3) is 0 Å².